The first kappa shape index (κ1) is 20.4. The number of ether oxygens (including phenoxy) is 2. The van der Waals surface area contributed by atoms with Crippen LogP contribution in [0.5, 0.6) is 11.5 Å². The molecule has 136 valence electrons. The van der Waals surface area contributed by atoms with Crippen molar-refractivity contribution in [2.45, 2.75) is 20.4 Å². The first-order valence-electron chi connectivity index (χ1n) is 8.10. The van der Waals surface area contributed by atoms with E-state index in [0.29, 0.717) is 12.5 Å². The SMILES string of the molecule is COc1cc(CN2CCN(C(=N)N)CC2)ccc1OCC(C)C.Cl. The van der Waals surface area contributed by atoms with E-state index in [1.54, 1.807) is 7.11 Å². The Morgan fingerprint density at radius 2 is 1.88 bits per heavy atom. The molecule has 2 rings (SSSR count). The van der Waals surface area contributed by atoms with Crippen molar-refractivity contribution < 1.29 is 9.47 Å². The Balaban J connectivity index is 0.00000288. The Morgan fingerprint density at radius 3 is 2.42 bits per heavy atom. The second-order valence-electron chi connectivity index (χ2n) is 6.34. The fourth-order valence-electron chi connectivity index (χ4n) is 2.59. The van der Waals surface area contributed by atoms with Crippen LogP contribution < -0.4 is 15.2 Å². The molecule has 1 saturated heterocycles. The predicted octanol–water partition coefficient (Wildman–Crippen LogP) is 2.16. The van der Waals surface area contributed by atoms with Crippen molar-refractivity contribution >= 4 is 18.4 Å². The molecule has 0 amide bonds. The van der Waals surface area contributed by atoms with Gasteiger partial charge < -0.3 is 20.1 Å². The maximum atomic E-state index is 7.48. The van der Waals surface area contributed by atoms with E-state index in [1.165, 1.54) is 5.56 Å². The van der Waals surface area contributed by atoms with Gasteiger partial charge in [-0.25, -0.2) is 0 Å². The zero-order valence-electron chi connectivity index (χ0n) is 14.7. The lowest BCUT2D eigenvalue weighted by atomic mass is 10.1. The van der Waals surface area contributed by atoms with Gasteiger partial charge in [-0.05, 0) is 23.6 Å². The van der Waals surface area contributed by atoms with E-state index in [4.69, 9.17) is 20.6 Å². The van der Waals surface area contributed by atoms with Crippen LogP contribution in [-0.4, -0.2) is 55.7 Å². The minimum atomic E-state index is 0. The average Bonchev–Trinajstić information content (AvgIpc) is 2.53. The molecular formula is C17H29ClN4O2. The number of nitrogens with one attached hydrogen (secondary N) is 1. The quantitative estimate of drug-likeness (QED) is 0.603. The molecule has 0 bridgehead atoms. The Kier molecular flexibility index (Phi) is 8.15. The topological polar surface area (TPSA) is 74.8 Å². The second-order valence-corrected chi connectivity index (χ2v) is 6.34. The summed E-state index contributed by atoms with van der Waals surface area (Å²) in [7, 11) is 1.67. The van der Waals surface area contributed by atoms with Crippen molar-refractivity contribution in [2.75, 3.05) is 39.9 Å². The zero-order valence-corrected chi connectivity index (χ0v) is 15.6. The largest absolute Gasteiger partial charge is 0.493 e. The van der Waals surface area contributed by atoms with Crippen molar-refractivity contribution in [3.63, 3.8) is 0 Å². The number of rotatable bonds is 6. The van der Waals surface area contributed by atoms with Gasteiger partial charge in [0.1, 0.15) is 0 Å². The molecule has 0 aliphatic carbocycles. The molecule has 0 atom stereocenters. The standard InChI is InChI=1S/C17H28N4O2.ClH/c1-13(2)12-23-15-5-4-14(10-16(15)22-3)11-20-6-8-21(9-7-20)17(18)19;/h4-5,10,13H,6-9,11-12H2,1-3H3,(H3,18,19);1H. The number of methoxy groups -OCH3 is 1. The molecule has 1 aromatic rings. The summed E-state index contributed by atoms with van der Waals surface area (Å²) in [6.45, 7) is 9.24. The number of hydrogen-bond donors (Lipinski definition) is 2. The van der Waals surface area contributed by atoms with Crippen LogP contribution in [0.3, 0.4) is 0 Å². The highest BCUT2D eigenvalue weighted by Crippen LogP contribution is 2.29. The summed E-state index contributed by atoms with van der Waals surface area (Å²) in [5.74, 6) is 2.23. The van der Waals surface area contributed by atoms with E-state index in [9.17, 15) is 0 Å². The van der Waals surface area contributed by atoms with Crippen LogP contribution in [0.1, 0.15) is 19.4 Å². The molecule has 1 fully saturated rings. The Bertz CT molecular complexity index is 531. The molecule has 1 aliphatic heterocycles. The average molecular weight is 357 g/mol. The number of benzene rings is 1. The highest BCUT2D eigenvalue weighted by molar-refractivity contribution is 5.85. The smallest absolute Gasteiger partial charge is 0.188 e. The molecule has 1 aliphatic rings. The van der Waals surface area contributed by atoms with Crippen LogP contribution in [0.4, 0.5) is 0 Å². The Hall–Kier alpha value is -1.66. The molecule has 0 unspecified atom stereocenters. The molecule has 1 aromatic carbocycles. The Morgan fingerprint density at radius 1 is 1.21 bits per heavy atom. The van der Waals surface area contributed by atoms with Crippen LogP contribution >= 0.6 is 12.4 Å². The molecule has 0 aromatic heterocycles. The summed E-state index contributed by atoms with van der Waals surface area (Å²) >= 11 is 0. The first-order chi connectivity index (χ1) is 11.0. The fourth-order valence-corrected chi connectivity index (χ4v) is 2.59. The van der Waals surface area contributed by atoms with E-state index < -0.39 is 0 Å². The van der Waals surface area contributed by atoms with Gasteiger partial charge in [-0.1, -0.05) is 19.9 Å². The molecule has 0 spiro atoms. The summed E-state index contributed by atoms with van der Waals surface area (Å²) in [4.78, 5) is 4.27. The zero-order chi connectivity index (χ0) is 16.8. The number of nitrogens with zero attached hydrogens (tertiary/aromatic N) is 2. The van der Waals surface area contributed by atoms with E-state index in [1.807, 2.05) is 17.0 Å². The van der Waals surface area contributed by atoms with Gasteiger partial charge in [-0.2, -0.15) is 0 Å². The highest BCUT2D eigenvalue weighted by atomic mass is 35.5. The number of halogens is 1. The fraction of sp³-hybridized carbons (Fsp3) is 0.588. The summed E-state index contributed by atoms with van der Waals surface area (Å²) in [6.07, 6.45) is 0. The number of hydrogen-bond acceptors (Lipinski definition) is 4. The molecule has 7 heteroatoms. The third-order valence-electron chi connectivity index (χ3n) is 3.92. The van der Waals surface area contributed by atoms with E-state index in [0.717, 1.165) is 44.2 Å². The second kappa shape index (κ2) is 9.59. The monoisotopic (exact) mass is 356 g/mol. The van der Waals surface area contributed by atoms with Crippen molar-refractivity contribution in [3.8, 4) is 11.5 Å². The third kappa shape index (κ3) is 5.76. The van der Waals surface area contributed by atoms with E-state index in [-0.39, 0.29) is 18.4 Å². The summed E-state index contributed by atoms with van der Waals surface area (Å²) in [5, 5.41) is 7.48. The van der Waals surface area contributed by atoms with Gasteiger partial charge in [0.15, 0.2) is 17.5 Å². The Labute approximate surface area is 150 Å². The number of guanidine groups is 1. The van der Waals surface area contributed by atoms with Crippen molar-refractivity contribution in [1.29, 1.82) is 5.41 Å². The van der Waals surface area contributed by atoms with Crippen molar-refractivity contribution in [1.82, 2.24) is 9.80 Å². The molecule has 0 radical (unpaired) electrons. The van der Waals surface area contributed by atoms with Crippen LogP contribution in [0.25, 0.3) is 0 Å². The molecule has 0 saturated carbocycles. The van der Waals surface area contributed by atoms with Gasteiger partial charge in [0.25, 0.3) is 0 Å². The summed E-state index contributed by atoms with van der Waals surface area (Å²) in [6, 6.07) is 6.13. The van der Waals surface area contributed by atoms with Gasteiger partial charge >= 0.3 is 0 Å². The maximum Gasteiger partial charge on any atom is 0.188 e. The van der Waals surface area contributed by atoms with Gasteiger partial charge in [-0.3, -0.25) is 10.3 Å². The minimum absolute atomic E-state index is 0. The summed E-state index contributed by atoms with van der Waals surface area (Å²) < 4.78 is 11.3. The third-order valence-corrected chi connectivity index (χ3v) is 3.92. The van der Waals surface area contributed by atoms with Gasteiger partial charge in [0, 0.05) is 32.7 Å². The number of piperazine rings is 1. The van der Waals surface area contributed by atoms with Crippen LogP contribution in [-0.2, 0) is 6.54 Å². The van der Waals surface area contributed by atoms with Crippen molar-refractivity contribution in [2.24, 2.45) is 11.7 Å². The lowest BCUT2D eigenvalue weighted by Crippen LogP contribution is -2.50. The van der Waals surface area contributed by atoms with Crippen molar-refractivity contribution in [3.05, 3.63) is 23.8 Å². The van der Waals surface area contributed by atoms with Gasteiger partial charge in [0.2, 0.25) is 0 Å². The van der Waals surface area contributed by atoms with E-state index in [2.05, 4.69) is 24.8 Å². The summed E-state index contributed by atoms with van der Waals surface area (Å²) in [5.41, 5.74) is 6.73. The molecular weight excluding hydrogens is 328 g/mol. The van der Waals surface area contributed by atoms with Gasteiger partial charge in [0.05, 0.1) is 13.7 Å². The van der Waals surface area contributed by atoms with Gasteiger partial charge in [-0.15, -0.1) is 12.4 Å². The van der Waals surface area contributed by atoms with Crippen LogP contribution in [0, 0.1) is 11.3 Å². The van der Waals surface area contributed by atoms with E-state index >= 15 is 0 Å². The lowest BCUT2D eigenvalue weighted by Gasteiger charge is -2.34. The normalized spacial score (nSPS) is 15.1. The number of nitrogens with two attached hydrogens (primary N) is 1. The lowest BCUT2D eigenvalue weighted by molar-refractivity contribution is 0.173. The van der Waals surface area contributed by atoms with Crippen LogP contribution in [0.15, 0.2) is 18.2 Å². The highest BCUT2D eigenvalue weighted by Gasteiger charge is 2.18. The minimum Gasteiger partial charge on any atom is -0.493 e. The first-order valence-corrected chi connectivity index (χ1v) is 8.10. The predicted molar refractivity (Wildman–Crippen MR) is 99.3 cm³/mol. The molecule has 6 nitrogen and oxygen atoms in total. The molecule has 24 heavy (non-hydrogen) atoms. The van der Waals surface area contributed by atoms with Crippen LogP contribution in [0.2, 0.25) is 0 Å². The maximum absolute atomic E-state index is 7.48. The molecule has 1 heterocycles. The molecule has 3 N–H and O–H groups in total.